The van der Waals surface area contributed by atoms with Crippen molar-refractivity contribution < 1.29 is 0 Å². The summed E-state index contributed by atoms with van der Waals surface area (Å²) in [6.45, 7) is 7.75. The molecule has 1 heterocycles. The largest absolute Gasteiger partial charge is 0.370 e. The Hall–Kier alpha value is -2.10. The zero-order valence-corrected chi connectivity index (χ0v) is 12.6. The van der Waals surface area contributed by atoms with Crippen LogP contribution in [0.2, 0.25) is 0 Å². The molecule has 4 heteroatoms. The predicted octanol–water partition coefficient (Wildman–Crippen LogP) is 3.16. The second-order valence-electron chi connectivity index (χ2n) is 4.98. The molecule has 1 aromatic heterocycles. The van der Waals surface area contributed by atoms with E-state index in [1.807, 2.05) is 13.0 Å². The molecule has 1 N–H and O–H groups in total. The summed E-state index contributed by atoms with van der Waals surface area (Å²) in [7, 11) is 2.07. The van der Waals surface area contributed by atoms with Crippen LogP contribution in [-0.2, 0) is 6.54 Å². The molecule has 0 atom stereocenters. The Morgan fingerprint density at radius 1 is 1.15 bits per heavy atom. The van der Waals surface area contributed by atoms with Gasteiger partial charge in [-0.25, -0.2) is 9.97 Å². The van der Waals surface area contributed by atoms with E-state index in [1.165, 1.54) is 11.3 Å². The van der Waals surface area contributed by atoms with Crippen LogP contribution in [0.1, 0.15) is 24.0 Å². The Bertz CT molecular complexity index is 580. The van der Waals surface area contributed by atoms with Crippen LogP contribution in [0.25, 0.3) is 0 Å². The van der Waals surface area contributed by atoms with Gasteiger partial charge in [-0.15, -0.1) is 0 Å². The molecule has 1 aromatic carbocycles. The summed E-state index contributed by atoms with van der Waals surface area (Å²) >= 11 is 0. The molecule has 0 aliphatic heterocycles. The molecule has 0 saturated heterocycles. The Balaban J connectivity index is 2.19. The lowest BCUT2D eigenvalue weighted by Crippen LogP contribution is -2.20. The summed E-state index contributed by atoms with van der Waals surface area (Å²) < 4.78 is 0. The molecule has 0 radical (unpaired) electrons. The van der Waals surface area contributed by atoms with Crippen LogP contribution < -0.4 is 10.2 Å². The number of aromatic nitrogens is 2. The van der Waals surface area contributed by atoms with Gasteiger partial charge in [-0.05, 0) is 32.4 Å². The number of aryl methyl sites for hydroxylation is 2. The maximum atomic E-state index is 4.55. The van der Waals surface area contributed by atoms with Gasteiger partial charge in [-0.1, -0.05) is 18.2 Å². The molecule has 106 valence electrons. The first kappa shape index (κ1) is 14.3. The van der Waals surface area contributed by atoms with Gasteiger partial charge < -0.3 is 10.2 Å². The van der Waals surface area contributed by atoms with Crippen LogP contribution in [0.5, 0.6) is 0 Å². The van der Waals surface area contributed by atoms with E-state index in [1.54, 1.807) is 0 Å². The summed E-state index contributed by atoms with van der Waals surface area (Å²) in [5, 5.41) is 3.24. The monoisotopic (exact) mass is 270 g/mol. The summed E-state index contributed by atoms with van der Waals surface area (Å²) in [6, 6.07) is 10.3. The highest BCUT2D eigenvalue weighted by atomic mass is 15.1. The van der Waals surface area contributed by atoms with Gasteiger partial charge in [0.25, 0.3) is 0 Å². The zero-order valence-electron chi connectivity index (χ0n) is 12.6. The molecule has 0 aliphatic rings. The smallest absolute Gasteiger partial charge is 0.150 e. The van der Waals surface area contributed by atoms with E-state index in [0.717, 1.165) is 23.9 Å². The van der Waals surface area contributed by atoms with E-state index in [-0.39, 0.29) is 0 Å². The molecule has 0 fully saturated rings. The van der Waals surface area contributed by atoms with Crippen LogP contribution in [0.3, 0.4) is 0 Å². The Labute approximate surface area is 120 Å². The maximum absolute atomic E-state index is 4.55. The molecule has 4 nitrogen and oxygen atoms in total. The molecule has 0 spiro atoms. The number of hydrogen-bond donors (Lipinski definition) is 1. The van der Waals surface area contributed by atoms with Gasteiger partial charge in [0.1, 0.15) is 11.6 Å². The first-order chi connectivity index (χ1) is 9.60. The van der Waals surface area contributed by atoms with E-state index < -0.39 is 0 Å². The van der Waals surface area contributed by atoms with Crippen molar-refractivity contribution in [3.63, 3.8) is 0 Å². The van der Waals surface area contributed by atoms with Crippen LogP contribution in [0.15, 0.2) is 30.3 Å². The van der Waals surface area contributed by atoms with Crippen molar-refractivity contribution in [2.75, 3.05) is 23.8 Å². The minimum absolute atomic E-state index is 0.699. The topological polar surface area (TPSA) is 41.1 Å². The average molecular weight is 270 g/mol. The van der Waals surface area contributed by atoms with Crippen molar-refractivity contribution in [1.29, 1.82) is 0 Å². The fourth-order valence-electron chi connectivity index (χ4n) is 2.26. The molecular weight excluding hydrogens is 248 g/mol. The third-order valence-corrected chi connectivity index (χ3v) is 3.16. The Kier molecular flexibility index (Phi) is 4.56. The molecule has 2 aromatic rings. The van der Waals surface area contributed by atoms with Crippen LogP contribution >= 0.6 is 0 Å². The average Bonchev–Trinajstić information content (AvgIpc) is 2.38. The molecule has 0 amide bonds. The minimum Gasteiger partial charge on any atom is -0.370 e. The highest BCUT2D eigenvalue weighted by molar-refractivity contribution is 5.52. The normalized spacial score (nSPS) is 10.4. The van der Waals surface area contributed by atoms with Gasteiger partial charge in [-0.3, -0.25) is 0 Å². The molecule has 0 bridgehead atoms. The number of hydrogen-bond acceptors (Lipinski definition) is 4. The van der Waals surface area contributed by atoms with Crippen molar-refractivity contribution in [3.05, 3.63) is 47.4 Å². The molecular formula is C16H22N4. The van der Waals surface area contributed by atoms with Gasteiger partial charge in [-0.2, -0.15) is 0 Å². The summed E-state index contributed by atoms with van der Waals surface area (Å²) in [5.74, 6) is 1.74. The highest BCUT2D eigenvalue weighted by Crippen LogP contribution is 2.19. The van der Waals surface area contributed by atoms with Gasteiger partial charge in [0.05, 0.1) is 6.54 Å². The van der Waals surface area contributed by atoms with Crippen LogP contribution in [-0.4, -0.2) is 23.6 Å². The first-order valence-electron chi connectivity index (χ1n) is 6.95. The third-order valence-electron chi connectivity index (χ3n) is 3.16. The summed E-state index contributed by atoms with van der Waals surface area (Å²) in [4.78, 5) is 11.3. The predicted molar refractivity (Wildman–Crippen MR) is 84.2 cm³/mol. The fraction of sp³-hybridized carbons (Fsp3) is 0.375. The number of nitrogens with one attached hydrogen (secondary N) is 1. The van der Waals surface area contributed by atoms with E-state index in [9.17, 15) is 0 Å². The molecule has 0 unspecified atom stereocenters. The van der Waals surface area contributed by atoms with Gasteiger partial charge >= 0.3 is 0 Å². The van der Waals surface area contributed by atoms with Gasteiger partial charge in [0, 0.05) is 31.0 Å². The molecule has 0 saturated carbocycles. The lowest BCUT2D eigenvalue weighted by molar-refractivity contribution is 0.826. The summed E-state index contributed by atoms with van der Waals surface area (Å²) in [6.07, 6.45) is 0. The Morgan fingerprint density at radius 2 is 1.90 bits per heavy atom. The molecule has 20 heavy (non-hydrogen) atoms. The van der Waals surface area contributed by atoms with E-state index in [0.29, 0.717) is 6.54 Å². The molecule has 0 aliphatic carbocycles. The van der Waals surface area contributed by atoms with Crippen LogP contribution in [0.4, 0.5) is 11.5 Å². The first-order valence-corrected chi connectivity index (χ1v) is 6.95. The summed E-state index contributed by atoms with van der Waals surface area (Å²) in [5.41, 5.74) is 3.46. The SMILES string of the molecule is CCNc1cc(C)nc(CN(C)c2ccccc2C)n1. The lowest BCUT2D eigenvalue weighted by atomic mass is 10.2. The fourth-order valence-corrected chi connectivity index (χ4v) is 2.26. The van der Waals surface area contributed by atoms with Gasteiger partial charge in [0.2, 0.25) is 0 Å². The van der Waals surface area contributed by atoms with Crippen molar-refractivity contribution >= 4 is 11.5 Å². The third kappa shape index (κ3) is 3.47. The van der Waals surface area contributed by atoms with E-state index >= 15 is 0 Å². The number of rotatable bonds is 5. The van der Waals surface area contributed by atoms with Crippen molar-refractivity contribution in [2.24, 2.45) is 0 Å². The minimum atomic E-state index is 0.699. The number of para-hydroxylation sites is 1. The standard InChI is InChI=1S/C16H22N4/c1-5-17-15-10-13(3)18-16(19-15)11-20(4)14-9-7-6-8-12(14)2/h6-10H,5,11H2,1-4H3,(H,17,18,19). The quantitative estimate of drug-likeness (QED) is 0.906. The van der Waals surface area contributed by atoms with Crippen molar-refractivity contribution in [2.45, 2.75) is 27.3 Å². The molecule has 2 rings (SSSR count). The van der Waals surface area contributed by atoms with Crippen molar-refractivity contribution in [1.82, 2.24) is 9.97 Å². The Morgan fingerprint density at radius 3 is 2.60 bits per heavy atom. The second kappa shape index (κ2) is 6.37. The zero-order chi connectivity index (χ0) is 14.5. The number of benzene rings is 1. The second-order valence-corrected chi connectivity index (χ2v) is 4.98. The number of nitrogens with zero attached hydrogens (tertiary/aromatic N) is 3. The maximum Gasteiger partial charge on any atom is 0.150 e. The van der Waals surface area contributed by atoms with Crippen molar-refractivity contribution in [3.8, 4) is 0 Å². The van der Waals surface area contributed by atoms with E-state index in [4.69, 9.17) is 0 Å². The van der Waals surface area contributed by atoms with Gasteiger partial charge in [0.15, 0.2) is 0 Å². The van der Waals surface area contributed by atoms with E-state index in [2.05, 4.69) is 65.3 Å². The lowest BCUT2D eigenvalue weighted by Gasteiger charge is -2.21. The number of anilines is 2. The van der Waals surface area contributed by atoms with Crippen LogP contribution in [0, 0.1) is 13.8 Å². The highest BCUT2D eigenvalue weighted by Gasteiger charge is 2.08.